The van der Waals surface area contributed by atoms with Crippen molar-refractivity contribution in [3.05, 3.63) is 77.1 Å². The molecule has 0 amide bonds. The molecule has 0 radical (unpaired) electrons. The van der Waals surface area contributed by atoms with Crippen molar-refractivity contribution in [1.82, 2.24) is 0 Å². The number of benzene rings is 2. The van der Waals surface area contributed by atoms with E-state index >= 15 is 0 Å². The quantitative estimate of drug-likeness (QED) is 0.211. The number of amidine groups is 1. The maximum Gasteiger partial charge on any atom is 0.554 e. The lowest BCUT2D eigenvalue weighted by atomic mass is 10.2. The Morgan fingerprint density at radius 2 is 1.83 bits per heavy atom. The van der Waals surface area contributed by atoms with Gasteiger partial charge in [0, 0.05) is 5.56 Å². The van der Waals surface area contributed by atoms with Gasteiger partial charge in [0.15, 0.2) is 0 Å². The molecule has 0 aliphatic heterocycles. The van der Waals surface area contributed by atoms with Crippen molar-refractivity contribution in [3.63, 3.8) is 0 Å². The number of oxime groups is 1. The Kier molecular flexibility index (Phi) is 5.72. The molecule has 0 atom stereocenters. The number of ether oxygens (including phenoxy) is 2. The second kappa shape index (κ2) is 8.20. The summed E-state index contributed by atoms with van der Waals surface area (Å²) in [5.41, 5.74) is 1.34. The summed E-state index contributed by atoms with van der Waals surface area (Å²) < 4.78 is 9.96. The zero-order valence-electron chi connectivity index (χ0n) is 12.4. The van der Waals surface area contributed by atoms with Crippen LogP contribution in [0.1, 0.15) is 11.1 Å². The van der Waals surface area contributed by atoms with E-state index in [0.29, 0.717) is 11.3 Å². The van der Waals surface area contributed by atoms with Crippen LogP contribution in [-0.4, -0.2) is 19.1 Å². The Labute approximate surface area is 133 Å². The van der Waals surface area contributed by atoms with Gasteiger partial charge in [-0.2, -0.15) is 9.63 Å². The highest BCUT2D eigenvalue weighted by Gasteiger charge is 2.10. The first-order valence-electron chi connectivity index (χ1n) is 6.70. The van der Waals surface area contributed by atoms with Crippen LogP contribution >= 0.6 is 0 Å². The van der Waals surface area contributed by atoms with E-state index in [4.69, 9.17) is 16.0 Å². The number of carbonyl (C=O) groups is 1. The number of hydrogen-bond donors (Lipinski definition) is 0. The average molecular weight is 310 g/mol. The molecule has 23 heavy (non-hydrogen) atoms. The van der Waals surface area contributed by atoms with E-state index in [0.717, 1.165) is 5.56 Å². The smallest absolute Gasteiger partial charge is 0.497 e. The minimum atomic E-state index is -0.974. The van der Waals surface area contributed by atoms with Crippen LogP contribution in [0.4, 0.5) is 4.79 Å². The predicted octanol–water partition coefficient (Wildman–Crippen LogP) is 3.63. The third-order valence-corrected chi connectivity index (χ3v) is 2.86. The standard InChI is InChI=1S/C17H14N2O4/c1-18-16(14-6-4-3-5-7-14)19-23-17(20)22-12-13-8-10-15(21-2)11-9-13/h3-11H,12H2,2H3/b19-16-. The fourth-order valence-electron chi connectivity index (χ4n) is 1.70. The molecule has 0 saturated carbocycles. The van der Waals surface area contributed by atoms with Gasteiger partial charge in [-0.05, 0) is 17.7 Å². The van der Waals surface area contributed by atoms with Gasteiger partial charge < -0.3 is 14.3 Å². The molecule has 0 bridgehead atoms. The first-order valence-corrected chi connectivity index (χ1v) is 6.70. The third kappa shape index (κ3) is 4.86. The van der Waals surface area contributed by atoms with Crippen molar-refractivity contribution in [3.8, 4) is 5.75 Å². The highest BCUT2D eigenvalue weighted by atomic mass is 16.8. The van der Waals surface area contributed by atoms with Crippen LogP contribution < -0.4 is 4.74 Å². The van der Waals surface area contributed by atoms with Crippen molar-refractivity contribution in [2.45, 2.75) is 6.61 Å². The fourth-order valence-corrected chi connectivity index (χ4v) is 1.70. The lowest BCUT2D eigenvalue weighted by Gasteiger charge is -2.03. The molecule has 0 aromatic heterocycles. The molecule has 0 unspecified atom stereocenters. The van der Waals surface area contributed by atoms with E-state index in [1.165, 1.54) is 0 Å². The lowest BCUT2D eigenvalue weighted by Crippen LogP contribution is -2.06. The normalized spacial score (nSPS) is 10.5. The van der Waals surface area contributed by atoms with E-state index in [9.17, 15) is 4.79 Å². The molecule has 0 aliphatic carbocycles. The molecule has 0 saturated heterocycles. The Morgan fingerprint density at radius 1 is 1.13 bits per heavy atom. The molecule has 0 spiro atoms. The van der Waals surface area contributed by atoms with Gasteiger partial charge >= 0.3 is 12.0 Å². The molecule has 116 valence electrons. The zero-order valence-corrected chi connectivity index (χ0v) is 12.4. The number of rotatable bonds is 5. The second-order valence-electron chi connectivity index (χ2n) is 4.37. The second-order valence-corrected chi connectivity index (χ2v) is 4.37. The summed E-state index contributed by atoms with van der Waals surface area (Å²) in [6, 6.07) is 15.8. The van der Waals surface area contributed by atoms with Crippen molar-refractivity contribution in [1.29, 1.82) is 0 Å². The fraction of sp³-hybridized carbons (Fsp3) is 0.118. The SMILES string of the molecule is [C-]#[N+]/C(=N\OC(=O)OCc1ccc(OC)cc1)c1ccccc1. The minimum absolute atomic E-state index is 0.0213. The first kappa shape index (κ1) is 16.0. The average Bonchev–Trinajstić information content (AvgIpc) is 2.62. The van der Waals surface area contributed by atoms with Crippen LogP contribution in [0, 0.1) is 6.57 Å². The van der Waals surface area contributed by atoms with E-state index in [1.807, 2.05) is 6.07 Å². The lowest BCUT2D eigenvalue weighted by molar-refractivity contribution is 0.0520. The van der Waals surface area contributed by atoms with Crippen molar-refractivity contribution in [2.24, 2.45) is 5.16 Å². The third-order valence-electron chi connectivity index (χ3n) is 2.86. The Morgan fingerprint density at radius 3 is 2.43 bits per heavy atom. The molecular weight excluding hydrogens is 296 g/mol. The summed E-state index contributed by atoms with van der Waals surface area (Å²) in [6.07, 6.45) is -0.974. The highest BCUT2D eigenvalue weighted by Crippen LogP contribution is 2.12. The molecule has 6 heteroatoms. The van der Waals surface area contributed by atoms with Crippen LogP contribution in [0.3, 0.4) is 0 Å². The molecule has 2 aromatic rings. The van der Waals surface area contributed by atoms with Crippen molar-refractivity contribution in [2.75, 3.05) is 7.11 Å². The van der Waals surface area contributed by atoms with Crippen LogP contribution in [0.2, 0.25) is 0 Å². The summed E-state index contributed by atoms with van der Waals surface area (Å²) in [6.45, 7) is 7.11. The first-order chi connectivity index (χ1) is 11.2. The monoisotopic (exact) mass is 310 g/mol. The molecule has 0 fully saturated rings. The minimum Gasteiger partial charge on any atom is -0.497 e. The van der Waals surface area contributed by atoms with Gasteiger partial charge in [-0.3, -0.25) is 0 Å². The van der Waals surface area contributed by atoms with Gasteiger partial charge in [-0.1, -0.05) is 49.0 Å². The largest absolute Gasteiger partial charge is 0.554 e. The van der Waals surface area contributed by atoms with Crippen LogP contribution in [-0.2, 0) is 16.2 Å². The van der Waals surface area contributed by atoms with E-state index in [-0.39, 0.29) is 12.4 Å². The van der Waals surface area contributed by atoms with Gasteiger partial charge in [0.2, 0.25) is 0 Å². The number of hydrogen-bond acceptors (Lipinski definition) is 5. The van der Waals surface area contributed by atoms with Gasteiger partial charge in [0.05, 0.1) is 12.3 Å². The van der Waals surface area contributed by atoms with Gasteiger partial charge in [0.25, 0.3) is 0 Å². The Bertz CT molecular complexity index is 719. The molecule has 6 nitrogen and oxygen atoms in total. The Hall–Kier alpha value is -3.33. The van der Waals surface area contributed by atoms with Gasteiger partial charge in [-0.25, -0.2) is 0 Å². The number of nitrogens with zero attached hydrogens (tertiary/aromatic N) is 2. The highest BCUT2D eigenvalue weighted by molar-refractivity contribution is 6.05. The van der Waals surface area contributed by atoms with Crippen molar-refractivity contribution < 1.29 is 19.1 Å². The molecule has 2 aromatic carbocycles. The van der Waals surface area contributed by atoms with Gasteiger partial charge in [-0.15, -0.1) is 0 Å². The van der Waals surface area contributed by atoms with E-state index < -0.39 is 6.16 Å². The van der Waals surface area contributed by atoms with Crippen LogP contribution in [0.5, 0.6) is 5.75 Å². The molecule has 0 N–H and O–H groups in total. The van der Waals surface area contributed by atoms with Crippen molar-refractivity contribution >= 4 is 12.0 Å². The predicted molar refractivity (Wildman–Crippen MR) is 83.8 cm³/mol. The molecule has 2 rings (SSSR count). The molecule has 0 heterocycles. The summed E-state index contributed by atoms with van der Waals surface area (Å²) in [7, 11) is 1.57. The molecule has 0 aliphatic rings. The Balaban J connectivity index is 1.89. The van der Waals surface area contributed by atoms with E-state index in [1.54, 1.807) is 55.6 Å². The van der Waals surface area contributed by atoms with Crippen LogP contribution in [0.25, 0.3) is 4.85 Å². The summed E-state index contributed by atoms with van der Waals surface area (Å²) in [5.74, 6) is 0.692. The maximum absolute atomic E-state index is 11.5. The molecular formula is C17H14N2O4. The zero-order chi connectivity index (χ0) is 16.5. The number of methoxy groups -OCH3 is 1. The number of carbonyl (C=O) groups excluding carboxylic acids is 1. The summed E-state index contributed by atoms with van der Waals surface area (Å²) in [5, 5.41) is 3.52. The topological polar surface area (TPSA) is 61.5 Å². The van der Waals surface area contributed by atoms with Gasteiger partial charge in [0.1, 0.15) is 12.4 Å². The maximum atomic E-state index is 11.5. The van der Waals surface area contributed by atoms with E-state index in [2.05, 4.69) is 14.8 Å². The van der Waals surface area contributed by atoms with Crippen LogP contribution in [0.15, 0.2) is 59.8 Å². The summed E-state index contributed by atoms with van der Waals surface area (Å²) in [4.78, 5) is 19.3. The summed E-state index contributed by atoms with van der Waals surface area (Å²) >= 11 is 0.